The van der Waals surface area contributed by atoms with Gasteiger partial charge in [-0.3, -0.25) is 0 Å². The summed E-state index contributed by atoms with van der Waals surface area (Å²) in [5.74, 6) is 0.0396. The molecule has 5 aromatic rings. The molecule has 0 saturated heterocycles. The molecule has 0 bridgehead atoms. The lowest BCUT2D eigenvalue weighted by molar-refractivity contribution is 0.262. The zero-order valence-electron chi connectivity index (χ0n) is 20.8. The molecular weight excluding hydrogens is 504 g/mol. The molecule has 0 atom stereocenters. The number of carbonyl (C=O) groups excluding carboxylic acids is 1. The number of hydrogen-bond acceptors (Lipinski definition) is 5. The van der Waals surface area contributed by atoms with E-state index in [1.54, 1.807) is 86.0 Å². The van der Waals surface area contributed by atoms with E-state index in [0.29, 0.717) is 22.8 Å². The summed E-state index contributed by atoms with van der Waals surface area (Å²) < 4.78 is 40.2. The van der Waals surface area contributed by atoms with E-state index in [0.717, 1.165) is 5.56 Å². The first-order chi connectivity index (χ1) is 19.0. The number of amides is 2. The fourth-order valence-corrected chi connectivity index (χ4v) is 3.76. The fraction of sp³-hybridized carbons (Fsp3) is 0.0690. The molecule has 39 heavy (non-hydrogen) atoms. The first-order valence-electron chi connectivity index (χ1n) is 11.9. The Morgan fingerprint density at radius 3 is 2.36 bits per heavy atom. The van der Waals surface area contributed by atoms with Crippen molar-refractivity contribution in [1.29, 1.82) is 0 Å². The largest absolute Gasteiger partial charge is 0.497 e. The highest BCUT2D eigenvalue weighted by molar-refractivity contribution is 5.99. The van der Waals surface area contributed by atoms with Crippen LogP contribution in [0.4, 0.5) is 25.0 Å². The first-order valence-corrected chi connectivity index (χ1v) is 11.9. The first kappa shape index (κ1) is 25.4. The number of urea groups is 1. The van der Waals surface area contributed by atoms with Gasteiger partial charge in [0, 0.05) is 17.4 Å². The number of halogens is 2. The van der Waals surface area contributed by atoms with Crippen LogP contribution in [0.2, 0.25) is 0 Å². The molecule has 0 aliphatic rings. The van der Waals surface area contributed by atoms with Crippen LogP contribution in [0.1, 0.15) is 5.56 Å². The number of benzene rings is 4. The van der Waals surface area contributed by atoms with Crippen LogP contribution in [0, 0.1) is 11.6 Å². The number of nitrogens with zero attached hydrogens (tertiary/aromatic N) is 3. The van der Waals surface area contributed by atoms with Gasteiger partial charge in [0.1, 0.15) is 24.0 Å². The van der Waals surface area contributed by atoms with E-state index in [-0.39, 0.29) is 29.8 Å². The Morgan fingerprint density at radius 2 is 1.62 bits per heavy atom. The molecule has 8 nitrogen and oxygen atoms in total. The highest BCUT2D eigenvalue weighted by Crippen LogP contribution is 2.27. The van der Waals surface area contributed by atoms with Gasteiger partial charge in [-0.15, -0.1) is 5.10 Å². The second kappa shape index (κ2) is 11.4. The van der Waals surface area contributed by atoms with E-state index < -0.39 is 11.8 Å². The molecule has 196 valence electrons. The third-order valence-electron chi connectivity index (χ3n) is 5.68. The summed E-state index contributed by atoms with van der Waals surface area (Å²) in [5, 5.41) is 9.93. The van der Waals surface area contributed by atoms with Crippen molar-refractivity contribution in [3.63, 3.8) is 0 Å². The van der Waals surface area contributed by atoms with E-state index in [9.17, 15) is 13.6 Å². The van der Waals surface area contributed by atoms with Crippen LogP contribution in [0.3, 0.4) is 0 Å². The van der Waals surface area contributed by atoms with Crippen LogP contribution in [0.5, 0.6) is 11.8 Å². The lowest BCUT2D eigenvalue weighted by Crippen LogP contribution is -2.19. The second-order valence-corrected chi connectivity index (χ2v) is 8.38. The number of nitrogens with one attached hydrogen (secondary N) is 2. The molecule has 2 amide bonds. The molecule has 0 saturated carbocycles. The van der Waals surface area contributed by atoms with E-state index in [4.69, 9.17) is 9.47 Å². The van der Waals surface area contributed by atoms with Gasteiger partial charge in [-0.2, -0.15) is 4.98 Å². The lowest BCUT2D eigenvalue weighted by Gasteiger charge is -2.10. The second-order valence-electron chi connectivity index (χ2n) is 8.38. The standard InChI is InChI=1S/C29H23F2N5O3/c1-38-24-6-4-5-22(17-24)33-28(37)32-21-13-15-23(16-14-21)36-27(25-7-2-3-8-26(25)31)34-29(35-36)39-18-19-9-11-20(30)12-10-19/h2-17H,18H2,1H3,(H2,32,33,37). The van der Waals surface area contributed by atoms with Gasteiger partial charge in [0.2, 0.25) is 0 Å². The zero-order valence-corrected chi connectivity index (χ0v) is 20.8. The summed E-state index contributed by atoms with van der Waals surface area (Å²) in [5.41, 5.74) is 2.63. The van der Waals surface area contributed by atoms with Gasteiger partial charge in [-0.1, -0.05) is 30.3 Å². The summed E-state index contributed by atoms with van der Waals surface area (Å²) in [7, 11) is 1.55. The van der Waals surface area contributed by atoms with E-state index in [1.807, 2.05) is 0 Å². The van der Waals surface area contributed by atoms with Gasteiger partial charge in [-0.05, 0) is 66.2 Å². The quantitative estimate of drug-likeness (QED) is 0.242. The van der Waals surface area contributed by atoms with Crippen LogP contribution >= 0.6 is 0 Å². The molecule has 0 aliphatic carbocycles. The van der Waals surface area contributed by atoms with Crippen LogP contribution in [0.15, 0.2) is 97.1 Å². The van der Waals surface area contributed by atoms with Crippen molar-refractivity contribution < 1.29 is 23.0 Å². The minimum atomic E-state index is -0.469. The van der Waals surface area contributed by atoms with Crippen LogP contribution in [0.25, 0.3) is 17.1 Å². The molecule has 1 aromatic heterocycles. The van der Waals surface area contributed by atoms with Crippen molar-refractivity contribution in [2.75, 3.05) is 17.7 Å². The summed E-state index contributed by atoms with van der Waals surface area (Å²) in [6.45, 7) is 0.103. The Bertz CT molecular complexity index is 1590. The molecule has 1 heterocycles. The lowest BCUT2D eigenvalue weighted by atomic mass is 10.2. The number of ether oxygens (including phenoxy) is 2. The van der Waals surface area contributed by atoms with Crippen molar-refractivity contribution in [3.05, 3.63) is 114 Å². The number of hydrogen-bond donors (Lipinski definition) is 2. The Labute approximate surface area is 222 Å². The minimum Gasteiger partial charge on any atom is -0.497 e. The molecule has 5 rings (SSSR count). The average molecular weight is 528 g/mol. The van der Waals surface area contributed by atoms with Crippen molar-refractivity contribution in [3.8, 4) is 28.8 Å². The zero-order chi connectivity index (χ0) is 27.2. The number of rotatable bonds is 8. The molecule has 0 radical (unpaired) electrons. The van der Waals surface area contributed by atoms with E-state index >= 15 is 0 Å². The summed E-state index contributed by atoms with van der Waals surface area (Å²) in [6, 6.07) is 25.5. The predicted octanol–water partition coefficient (Wildman–Crippen LogP) is 6.44. The van der Waals surface area contributed by atoms with Crippen molar-refractivity contribution >= 4 is 17.4 Å². The Balaban J connectivity index is 1.36. The van der Waals surface area contributed by atoms with Crippen LogP contribution < -0.4 is 20.1 Å². The van der Waals surface area contributed by atoms with Gasteiger partial charge in [0.15, 0.2) is 5.82 Å². The molecule has 4 aromatic carbocycles. The number of methoxy groups -OCH3 is 1. The number of carbonyl (C=O) groups is 1. The van der Waals surface area contributed by atoms with Crippen molar-refractivity contribution in [1.82, 2.24) is 14.8 Å². The van der Waals surface area contributed by atoms with Gasteiger partial charge < -0.3 is 20.1 Å². The summed E-state index contributed by atoms with van der Waals surface area (Å²) >= 11 is 0. The van der Waals surface area contributed by atoms with Crippen LogP contribution in [-0.4, -0.2) is 27.9 Å². The third-order valence-corrected chi connectivity index (χ3v) is 5.68. The van der Waals surface area contributed by atoms with E-state index in [1.165, 1.54) is 22.9 Å². The molecule has 0 unspecified atom stereocenters. The highest BCUT2D eigenvalue weighted by Gasteiger charge is 2.18. The maximum atomic E-state index is 14.7. The maximum Gasteiger partial charge on any atom is 0.336 e. The van der Waals surface area contributed by atoms with Crippen molar-refractivity contribution in [2.45, 2.75) is 6.61 Å². The Kier molecular flexibility index (Phi) is 7.44. The predicted molar refractivity (Wildman–Crippen MR) is 143 cm³/mol. The van der Waals surface area contributed by atoms with Gasteiger partial charge in [0.05, 0.1) is 18.4 Å². The van der Waals surface area contributed by atoms with Gasteiger partial charge in [-0.25, -0.2) is 18.3 Å². The third kappa shape index (κ3) is 6.19. The normalized spacial score (nSPS) is 10.6. The highest BCUT2D eigenvalue weighted by atomic mass is 19.1. The SMILES string of the molecule is COc1cccc(NC(=O)Nc2ccc(-n3nc(OCc4ccc(F)cc4)nc3-c3ccccc3F)cc2)c1. The molecule has 2 N–H and O–H groups in total. The summed E-state index contributed by atoms with van der Waals surface area (Å²) in [6.07, 6.45) is 0. The van der Waals surface area contributed by atoms with Crippen molar-refractivity contribution in [2.24, 2.45) is 0 Å². The molecule has 10 heteroatoms. The smallest absolute Gasteiger partial charge is 0.336 e. The minimum absolute atomic E-state index is 0.0254. The fourth-order valence-electron chi connectivity index (χ4n) is 3.76. The van der Waals surface area contributed by atoms with Gasteiger partial charge >= 0.3 is 12.0 Å². The molecular formula is C29H23F2N5O3. The number of anilines is 2. The monoisotopic (exact) mass is 527 g/mol. The topological polar surface area (TPSA) is 90.3 Å². The maximum absolute atomic E-state index is 14.7. The van der Waals surface area contributed by atoms with Gasteiger partial charge in [0.25, 0.3) is 0 Å². The Hall–Kier alpha value is -5.25. The number of aromatic nitrogens is 3. The molecule has 0 spiro atoms. The Morgan fingerprint density at radius 1 is 0.872 bits per heavy atom. The van der Waals surface area contributed by atoms with Crippen LogP contribution in [-0.2, 0) is 6.61 Å². The molecule has 0 aliphatic heterocycles. The summed E-state index contributed by atoms with van der Waals surface area (Å²) in [4.78, 5) is 16.9. The average Bonchev–Trinajstić information content (AvgIpc) is 3.37. The molecule has 0 fully saturated rings. The van der Waals surface area contributed by atoms with E-state index in [2.05, 4.69) is 20.7 Å².